The van der Waals surface area contributed by atoms with Crippen LogP contribution in [0.4, 0.5) is 0 Å². The predicted octanol–water partition coefficient (Wildman–Crippen LogP) is 2.38. The number of alkyl halides is 1. The zero-order chi connectivity index (χ0) is 20.6. The van der Waals surface area contributed by atoms with E-state index in [1.165, 1.54) is 22.7 Å². The Kier molecular flexibility index (Phi) is 5.89. The smallest absolute Gasteiger partial charge is 0.330 e. The maximum Gasteiger partial charge on any atom is 0.330 e. The zero-order valence-corrected chi connectivity index (χ0v) is 17.2. The van der Waals surface area contributed by atoms with E-state index >= 15 is 0 Å². The summed E-state index contributed by atoms with van der Waals surface area (Å²) in [5.74, 6) is -2.01. The summed E-state index contributed by atoms with van der Waals surface area (Å²) < 4.78 is 4.54. The van der Waals surface area contributed by atoms with Crippen molar-refractivity contribution in [2.24, 2.45) is 5.92 Å². The normalized spacial score (nSPS) is 26.2. The molecule has 0 aromatic heterocycles. The molecular formula is C20H22ClNO5S. The molecule has 2 aliphatic heterocycles. The molecule has 0 aliphatic carbocycles. The molecule has 2 saturated heterocycles. The first kappa shape index (κ1) is 20.9. The van der Waals surface area contributed by atoms with Crippen LogP contribution in [0.25, 0.3) is 0 Å². The van der Waals surface area contributed by atoms with E-state index in [0.29, 0.717) is 11.4 Å². The number of Topliss-reactive ketones (excluding diaryl/α,β-unsaturated/α-hetero) is 1. The standard InChI is InChI=1S/C20H22ClNO5S/c1-4-9-27-19(26)16-20(2,3)28-18-13(17(25)22(16)18)15(24)14(23)12-7-5-11(10-21)6-8-12/h4-8,13,15-16,18,24H,1,9-10H2,2-3H3/t13-,15+,16+,18-/m1/s1. The first-order chi connectivity index (χ1) is 13.2. The molecular weight excluding hydrogens is 402 g/mol. The summed E-state index contributed by atoms with van der Waals surface area (Å²) in [5, 5.41) is 10.2. The number of nitrogens with zero attached hydrogens (tertiary/aromatic N) is 1. The van der Waals surface area contributed by atoms with Crippen LogP contribution in [0.2, 0.25) is 0 Å². The Morgan fingerprint density at radius 1 is 1.39 bits per heavy atom. The summed E-state index contributed by atoms with van der Waals surface area (Å²) in [6, 6.07) is 5.83. The van der Waals surface area contributed by atoms with E-state index in [1.807, 2.05) is 13.8 Å². The van der Waals surface area contributed by atoms with Gasteiger partial charge < -0.3 is 14.7 Å². The lowest BCUT2D eigenvalue weighted by atomic mass is 9.85. The highest BCUT2D eigenvalue weighted by molar-refractivity contribution is 8.01. The van der Waals surface area contributed by atoms with Gasteiger partial charge in [0.1, 0.15) is 24.7 Å². The van der Waals surface area contributed by atoms with Gasteiger partial charge in [-0.05, 0) is 19.4 Å². The van der Waals surface area contributed by atoms with Crippen molar-refractivity contribution in [1.29, 1.82) is 0 Å². The zero-order valence-electron chi connectivity index (χ0n) is 15.6. The third-order valence-corrected chi connectivity index (χ3v) is 6.95. The summed E-state index contributed by atoms with van der Waals surface area (Å²) in [6.07, 6.45) is -0.00907. The second-order valence-corrected chi connectivity index (χ2v) is 9.38. The van der Waals surface area contributed by atoms with E-state index in [-0.39, 0.29) is 6.61 Å². The number of ether oxygens (including phenoxy) is 1. The highest BCUT2D eigenvalue weighted by Gasteiger charge is 2.66. The van der Waals surface area contributed by atoms with Crippen LogP contribution in [0.3, 0.4) is 0 Å². The Morgan fingerprint density at radius 2 is 2.04 bits per heavy atom. The summed E-state index contributed by atoms with van der Waals surface area (Å²) >= 11 is 7.15. The molecule has 4 atom stereocenters. The number of amides is 1. The van der Waals surface area contributed by atoms with Crippen molar-refractivity contribution in [2.75, 3.05) is 6.61 Å². The van der Waals surface area contributed by atoms with Crippen molar-refractivity contribution in [2.45, 2.75) is 42.0 Å². The minimum absolute atomic E-state index is 0.0611. The van der Waals surface area contributed by atoms with Gasteiger partial charge in [-0.25, -0.2) is 4.79 Å². The van der Waals surface area contributed by atoms with Crippen LogP contribution >= 0.6 is 23.4 Å². The SMILES string of the molecule is C=CCOC(=O)[C@@H]1N2C(=O)[C@@H]([C@H](O)C(=O)c3ccc(CCl)cc3)[C@H]2SC1(C)C. The number of esters is 1. The summed E-state index contributed by atoms with van der Waals surface area (Å²) in [7, 11) is 0. The van der Waals surface area contributed by atoms with Gasteiger partial charge in [0, 0.05) is 16.2 Å². The van der Waals surface area contributed by atoms with Crippen LogP contribution in [0.1, 0.15) is 29.8 Å². The Bertz CT molecular complexity index is 809. The van der Waals surface area contributed by atoms with Gasteiger partial charge in [-0.15, -0.1) is 23.4 Å². The molecule has 0 bridgehead atoms. The highest BCUT2D eigenvalue weighted by Crippen LogP contribution is 2.54. The highest BCUT2D eigenvalue weighted by atomic mass is 35.5. The third-order valence-electron chi connectivity index (χ3n) is 5.05. The molecule has 150 valence electrons. The monoisotopic (exact) mass is 423 g/mol. The van der Waals surface area contributed by atoms with Crippen molar-refractivity contribution in [3.8, 4) is 0 Å². The second kappa shape index (κ2) is 7.89. The molecule has 0 unspecified atom stereocenters. The molecule has 0 saturated carbocycles. The van der Waals surface area contributed by atoms with Crippen molar-refractivity contribution < 1.29 is 24.2 Å². The quantitative estimate of drug-likeness (QED) is 0.238. The fourth-order valence-electron chi connectivity index (χ4n) is 3.63. The molecule has 1 aromatic rings. The molecule has 2 aliphatic rings. The van der Waals surface area contributed by atoms with Crippen LogP contribution in [0, 0.1) is 5.92 Å². The van der Waals surface area contributed by atoms with E-state index in [2.05, 4.69) is 6.58 Å². The minimum atomic E-state index is -1.47. The molecule has 6 nitrogen and oxygen atoms in total. The number of thioether (sulfide) groups is 1. The number of carbonyl (C=O) groups excluding carboxylic acids is 3. The van der Waals surface area contributed by atoms with E-state index in [0.717, 1.165) is 5.56 Å². The number of aliphatic hydroxyl groups is 1. The van der Waals surface area contributed by atoms with Crippen LogP contribution in [0.5, 0.6) is 0 Å². The van der Waals surface area contributed by atoms with Gasteiger partial charge >= 0.3 is 5.97 Å². The summed E-state index contributed by atoms with van der Waals surface area (Å²) in [6.45, 7) is 7.27. The topological polar surface area (TPSA) is 83.9 Å². The first-order valence-electron chi connectivity index (χ1n) is 8.87. The van der Waals surface area contributed by atoms with Gasteiger partial charge in [0.2, 0.25) is 5.91 Å². The molecule has 1 N–H and O–H groups in total. The number of fused-ring (bicyclic) bond motifs is 1. The number of carbonyl (C=O) groups is 3. The molecule has 1 amide bonds. The number of ketones is 1. The number of aliphatic hydroxyl groups excluding tert-OH is 1. The minimum Gasteiger partial charge on any atom is -0.460 e. The number of benzene rings is 1. The molecule has 0 radical (unpaired) electrons. The lowest BCUT2D eigenvalue weighted by Gasteiger charge is -2.45. The van der Waals surface area contributed by atoms with Crippen molar-refractivity contribution in [1.82, 2.24) is 4.90 Å². The maximum absolute atomic E-state index is 12.8. The van der Waals surface area contributed by atoms with Gasteiger partial charge in [0.05, 0.1) is 5.37 Å². The molecule has 1 aromatic carbocycles. The molecule has 3 rings (SSSR count). The van der Waals surface area contributed by atoms with Gasteiger partial charge in [-0.2, -0.15) is 0 Å². The number of β-lactam (4-membered cyclic amide) rings is 1. The average molecular weight is 424 g/mol. The fourth-order valence-corrected chi connectivity index (χ4v) is 5.52. The first-order valence-corrected chi connectivity index (χ1v) is 10.3. The summed E-state index contributed by atoms with van der Waals surface area (Å²) in [5.41, 5.74) is 1.17. The number of hydrogen-bond donors (Lipinski definition) is 1. The van der Waals surface area contributed by atoms with Gasteiger partial charge in [0.25, 0.3) is 0 Å². The van der Waals surface area contributed by atoms with Gasteiger partial charge in [-0.3, -0.25) is 9.59 Å². The number of halogens is 1. The van der Waals surface area contributed by atoms with Crippen LogP contribution in [-0.2, 0) is 20.2 Å². The fraction of sp³-hybridized carbons (Fsp3) is 0.450. The molecule has 28 heavy (non-hydrogen) atoms. The van der Waals surface area contributed by atoms with Crippen LogP contribution in [0.15, 0.2) is 36.9 Å². The maximum atomic E-state index is 12.8. The van der Waals surface area contributed by atoms with E-state index in [1.54, 1.807) is 24.3 Å². The molecule has 2 fully saturated rings. The lowest BCUT2D eigenvalue weighted by molar-refractivity contribution is -0.169. The van der Waals surface area contributed by atoms with E-state index < -0.39 is 45.8 Å². The molecule has 2 heterocycles. The Balaban J connectivity index is 1.77. The third kappa shape index (κ3) is 3.47. The van der Waals surface area contributed by atoms with Crippen LogP contribution < -0.4 is 0 Å². The van der Waals surface area contributed by atoms with Crippen molar-refractivity contribution in [3.05, 3.63) is 48.0 Å². The van der Waals surface area contributed by atoms with Gasteiger partial charge in [0.15, 0.2) is 5.78 Å². The van der Waals surface area contributed by atoms with Gasteiger partial charge in [-0.1, -0.05) is 36.9 Å². The Hall–Kier alpha value is -1.83. The lowest BCUT2D eigenvalue weighted by Crippen LogP contribution is -2.66. The number of hydrogen-bond acceptors (Lipinski definition) is 6. The van der Waals surface area contributed by atoms with Crippen LogP contribution in [-0.4, -0.2) is 56.5 Å². The average Bonchev–Trinajstić information content (AvgIpc) is 2.92. The van der Waals surface area contributed by atoms with Crippen molar-refractivity contribution >= 4 is 41.0 Å². The summed E-state index contributed by atoms with van der Waals surface area (Å²) in [4.78, 5) is 39.3. The number of rotatable bonds is 7. The predicted molar refractivity (Wildman–Crippen MR) is 107 cm³/mol. The molecule has 8 heteroatoms. The Morgan fingerprint density at radius 3 is 2.61 bits per heavy atom. The molecule has 0 spiro atoms. The Labute approximate surface area is 172 Å². The van der Waals surface area contributed by atoms with E-state index in [4.69, 9.17) is 16.3 Å². The largest absolute Gasteiger partial charge is 0.460 e. The van der Waals surface area contributed by atoms with Crippen molar-refractivity contribution in [3.63, 3.8) is 0 Å². The second-order valence-electron chi connectivity index (χ2n) is 7.34. The van der Waals surface area contributed by atoms with E-state index in [9.17, 15) is 19.5 Å².